The van der Waals surface area contributed by atoms with Gasteiger partial charge in [0.25, 0.3) is 0 Å². The average molecular weight is 435 g/mol. The first-order valence-electron chi connectivity index (χ1n) is 8.08. The minimum absolute atomic E-state index is 0.183. The molecule has 5 amide bonds. The van der Waals surface area contributed by atoms with Crippen LogP contribution in [0.15, 0.2) is 0 Å². The Morgan fingerprint density at radius 1 is 0.828 bits per heavy atom. The highest BCUT2D eigenvalue weighted by Crippen LogP contribution is 2.39. The number of carbonyl (C=O) groups is 4. The number of alkyl carbamates (subject to hydrolysis) is 1. The number of hydrogen-bond donors (Lipinski definition) is 2. The summed E-state index contributed by atoms with van der Waals surface area (Å²) in [6.07, 6.45) is -13.7. The highest BCUT2D eigenvalue weighted by Gasteiger charge is 2.51. The van der Waals surface area contributed by atoms with Crippen LogP contribution < -0.4 is 10.6 Å². The van der Waals surface area contributed by atoms with Gasteiger partial charge in [0, 0.05) is 23.9 Å². The summed E-state index contributed by atoms with van der Waals surface area (Å²) in [7, 11) is 0. The summed E-state index contributed by atoms with van der Waals surface area (Å²) in [5, 5.41) is 2.24. The zero-order chi connectivity index (χ0) is 23.0. The number of nitrogens with one attached hydrogen (secondary N) is 2. The van der Waals surface area contributed by atoms with Crippen LogP contribution in [0.25, 0.3) is 0 Å². The third-order valence-electron chi connectivity index (χ3n) is 4.09. The smallest absolute Gasteiger partial charge is 0.446 e. The van der Waals surface area contributed by atoms with E-state index < -0.39 is 53.5 Å². The summed E-state index contributed by atoms with van der Waals surface area (Å²) in [6.45, 7) is 5.61. The second-order valence-corrected chi connectivity index (χ2v) is 7.60. The predicted molar refractivity (Wildman–Crippen MR) is 83.3 cm³/mol. The Morgan fingerprint density at radius 3 is 1.59 bits per heavy atom. The van der Waals surface area contributed by atoms with E-state index in [0.717, 1.165) is 10.2 Å². The van der Waals surface area contributed by atoms with Crippen LogP contribution in [0.2, 0.25) is 0 Å². The van der Waals surface area contributed by atoms with Crippen LogP contribution in [0.5, 0.6) is 0 Å². The average Bonchev–Trinajstić information content (AvgIpc) is 2.41. The molecule has 14 heteroatoms. The summed E-state index contributed by atoms with van der Waals surface area (Å²) in [5.74, 6) is -4.99. The van der Waals surface area contributed by atoms with E-state index in [0.29, 0.717) is 0 Å². The van der Waals surface area contributed by atoms with Crippen molar-refractivity contribution in [2.75, 3.05) is 0 Å². The van der Waals surface area contributed by atoms with Crippen LogP contribution in [-0.2, 0) is 14.3 Å². The summed E-state index contributed by atoms with van der Waals surface area (Å²) in [6, 6.07) is -1.34. The Labute approximate surface area is 160 Å². The lowest BCUT2D eigenvalue weighted by atomic mass is 9.78. The maximum atomic E-state index is 12.4. The zero-order valence-electron chi connectivity index (χ0n) is 15.7. The summed E-state index contributed by atoms with van der Waals surface area (Å²) in [5.41, 5.74) is -2.53. The van der Waals surface area contributed by atoms with Crippen molar-refractivity contribution in [1.29, 1.82) is 0 Å². The fraction of sp³-hybridized carbons (Fsp3) is 0.733. The Balaban J connectivity index is 2.91. The first kappa shape index (κ1) is 24.5. The number of rotatable bonds is 1. The maximum Gasteiger partial charge on any atom is 0.471 e. The number of halogens is 6. The van der Waals surface area contributed by atoms with E-state index in [-0.39, 0.29) is 12.8 Å². The molecule has 1 saturated heterocycles. The van der Waals surface area contributed by atoms with Crippen molar-refractivity contribution in [3.8, 4) is 0 Å². The van der Waals surface area contributed by atoms with Gasteiger partial charge in [-0.3, -0.25) is 20.2 Å². The number of imide groups is 2. The van der Waals surface area contributed by atoms with E-state index in [2.05, 4.69) is 0 Å². The molecule has 1 aliphatic heterocycles. The van der Waals surface area contributed by atoms with Gasteiger partial charge in [0.15, 0.2) is 0 Å². The number of likely N-dealkylation sites (tertiary alicyclic amines) is 1. The SMILES string of the molecule is CC1(C)CC(OC(=O)NC(=O)C(F)(F)F)CC(C)(C)N1C(=O)NC(=O)C(F)(F)F. The van der Waals surface area contributed by atoms with Crippen molar-refractivity contribution >= 4 is 23.9 Å². The number of amides is 5. The summed E-state index contributed by atoms with van der Waals surface area (Å²) < 4.78 is 78.6. The lowest BCUT2D eigenvalue weighted by Gasteiger charge is -2.54. The monoisotopic (exact) mass is 435 g/mol. The van der Waals surface area contributed by atoms with Gasteiger partial charge in [0.05, 0.1) is 0 Å². The molecule has 0 radical (unpaired) electrons. The summed E-state index contributed by atoms with van der Waals surface area (Å²) >= 11 is 0. The van der Waals surface area contributed by atoms with Crippen molar-refractivity contribution in [2.24, 2.45) is 0 Å². The molecular weight excluding hydrogens is 416 g/mol. The van der Waals surface area contributed by atoms with Gasteiger partial charge in [-0.15, -0.1) is 0 Å². The Bertz CT molecular complexity index is 684. The number of nitrogens with zero attached hydrogens (tertiary/aromatic N) is 1. The molecule has 0 aliphatic carbocycles. The van der Waals surface area contributed by atoms with Crippen molar-refractivity contribution in [1.82, 2.24) is 15.5 Å². The van der Waals surface area contributed by atoms with E-state index in [9.17, 15) is 45.5 Å². The van der Waals surface area contributed by atoms with Gasteiger partial charge >= 0.3 is 36.3 Å². The van der Waals surface area contributed by atoms with Gasteiger partial charge in [0.2, 0.25) is 0 Å². The molecular formula is C15H19F6N3O5. The minimum atomic E-state index is -5.30. The lowest BCUT2D eigenvalue weighted by Crippen LogP contribution is -2.67. The second kappa shape index (κ2) is 7.71. The molecule has 2 N–H and O–H groups in total. The number of urea groups is 1. The van der Waals surface area contributed by atoms with Crippen molar-refractivity contribution in [3.63, 3.8) is 0 Å². The van der Waals surface area contributed by atoms with Crippen molar-refractivity contribution < 1.29 is 50.3 Å². The van der Waals surface area contributed by atoms with Crippen LogP contribution in [0.3, 0.4) is 0 Å². The highest BCUT2D eigenvalue weighted by atomic mass is 19.4. The lowest BCUT2D eigenvalue weighted by molar-refractivity contribution is -0.173. The van der Waals surface area contributed by atoms with Gasteiger partial charge in [-0.05, 0) is 27.7 Å². The molecule has 8 nitrogen and oxygen atoms in total. The quantitative estimate of drug-likeness (QED) is 0.617. The topological polar surface area (TPSA) is 105 Å². The van der Waals surface area contributed by atoms with Crippen LogP contribution in [0, 0.1) is 0 Å². The molecule has 0 atom stereocenters. The minimum Gasteiger partial charge on any atom is -0.446 e. The number of carbonyl (C=O) groups excluding carboxylic acids is 4. The number of ether oxygens (including phenoxy) is 1. The van der Waals surface area contributed by atoms with Gasteiger partial charge < -0.3 is 9.64 Å². The van der Waals surface area contributed by atoms with Crippen LogP contribution in [0.1, 0.15) is 40.5 Å². The molecule has 0 aromatic carbocycles. The highest BCUT2D eigenvalue weighted by molar-refractivity contribution is 5.97. The van der Waals surface area contributed by atoms with E-state index >= 15 is 0 Å². The van der Waals surface area contributed by atoms with Gasteiger partial charge in [-0.2, -0.15) is 26.3 Å². The van der Waals surface area contributed by atoms with E-state index in [1.54, 1.807) is 0 Å². The van der Waals surface area contributed by atoms with Gasteiger partial charge in [0.1, 0.15) is 6.10 Å². The van der Waals surface area contributed by atoms with Crippen molar-refractivity contribution in [2.45, 2.75) is 70.1 Å². The molecule has 1 fully saturated rings. The molecule has 0 aromatic heterocycles. The second-order valence-electron chi connectivity index (χ2n) is 7.60. The van der Waals surface area contributed by atoms with E-state index in [4.69, 9.17) is 4.74 Å². The Kier molecular flexibility index (Phi) is 6.51. The molecule has 1 aliphatic rings. The zero-order valence-corrected chi connectivity index (χ0v) is 15.7. The molecule has 29 heavy (non-hydrogen) atoms. The molecule has 1 heterocycles. The predicted octanol–water partition coefficient (Wildman–Crippen LogP) is 2.62. The van der Waals surface area contributed by atoms with E-state index in [1.807, 2.05) is 0 Å². The summed E-state index contributed by atoms with van der Waals surface area (Å²) in [4.78, 5) is 46.6. The Morgan fingerprint density at radius 2 is 1.21 bits per heavy atom. The number of hydrogen-bond acceptors (Lipinski definition) is 5. The molecule has 0 unspecified atom stereocenters. The molecule has 166 valence electrons. The first-order valence-corrected chi connectivity index (χ1v) is 8.08. The maximum absolute atomic E-state index is 12.4. The first-order chi connectivity index (χ1) is 12.8. The molecule has 0 spiro atoms. The molecule has 0 saturated carbocycles. The fourth-order valence-electron chi connectivity index (χ4n) is 3.39. The van der Waals surface area contributed by atoms with Gasteiger partial charge in [-0.25, -0.2) is 9.59 Å². The normalized spacial score (nSPS) is 19.3. The van der Waals surface area contributed by atoms with Crippen LogP contribution in [0.4, 0.5) is 35.9 Å². The number of piperidine rings is 1. The standard InChI is InChI=1S/C15H19F6N3O5/c1-12(2)5-7(29-11(28)23-9(26)15(19,20)21)6-13(3,4)24(12)10(27)22-8(25)14(16,17)18/h7H,5-6H2,1-4H3,(H,22,25,27)(H,23,26,28). The molecule has 0 bridgehead atoms. The molecule has 1 rings (SSSR count). The number of alkyl halides is 6. The van der Waals surface area contributed by atoms with Crippen LogP contribution >= 0.6 is 0 Å². The Hall–Kier alpha value is -2.54. The van der Waals surface area contributed by atoms with Crippen LogP contribution in [-0.4, -0.2) is 58.4 Å². The van der Waals surface area contributed by atoms with Gasteiger partial charge in [-0.1, -0.05) is 0 Å². The fourth-order valence-corrected chi connectivity index (χ4v) is 3.39. The largest absolute Gasteiger partial charge is 0.471 e. The van der Waals surface area contributed by atoms with Crippen molar-refractivity contribution in [3.05, 3.63) is 0 Å². The third-order valence-corrected chi connectivity index (χ3v) is 4.09. The molecule has 0 aromatic rings. The third kappa shape index (κ3) is 6.22. The van der Waals surface area contributed by atoms with E-state index in [1.165, 1.54) is 33.0 Å².